The molecule has 1 amide bonds. The van der Waals surface area contributed by atoms with Crippen LogP contribution in [-0.2, 0) is 9.59 Å². The third-order valence-corrected chi connectivity index (χ3v) is 5.64. The van der Waals surface area contributed by atoms with Gasteiger partial charge < -0.3 is 14.9 Å². The number of nitrogens with zero attached hydrogens (tertiary/aromatic N) is 2. The second-order valence-electron chi connectivity index (χ2n) is 7.85. The number of carbonyl (C=O) groups is 2. The minimum absolute atomic E-state index is 0.0775. The molecule has 7 heteroatoms. The first kappa shape index (κ1) is 22.6. The van der Waals surface area contributed by atoms with Crippen molar-refractivity contribution >= 4 is 23.1 Å². The summed E-state index contributed by atoms with van der Waals surface area (Å²) in [6.07, 6.45) is 0. The van der Waals surface area contributed by atoms with Gasteiger partial charge >= 0.3 is 0 Å². The van der Waals surface area contributed by atoms with E-state index in [0.29, 0.717) is 29.0 Å². The first-order valence-electron chi connectivity index (χ1n) is 10.7. The van der Waals surface area contributed by atoms with Crippen molar-refractivity contribution in [3.05, 3.63) is 94.6 Å². The fraction of sp³-hybridized carbons (Fsp3) is 0.148. The van der Waals surface area contributed by atoms with Gasteiger partial charge in [-0.2, -0.15) is 5.26 Å². The molecule has 0 saturated carbocycles. The molecular formula is C27H22N2O5. The number of aromatic hydroxyl groups is 1. The number of benzene rings is 3. The first-order chi connectivity index (χ1) is 16.3. The van der Waals surface area contributed by atoms with E-state index in [9.17, 15) is 19.8 Å². The lowest BCUT2D eigenvalue weighted by Gasteiger charge is -2.26. The Morgan fingerprint density at radius 1 is 1.06 bits per heavy atom. The van der Waals surface area contributed by atoms with E-state index in [1.54, 1.807) is 67.6 Å². The summed E-state index contributed by atoms with van der Waals surface area (Å²) in [6.45, 7) is 3.97. The van der Waals surface area contributed by atoms with Crippen LogP contribution in [0.1, 0.15) is 35.2 Å². The number of ether oxygens (including phenoxy) is 1. The van der Waals surface area contributed by atoms with Gasteiger partial charge in [-0.05, 0) is 55.8 Å². The molecule has 1 aliphatic rings. The maximum atomic E-state index is 13.2. The van der Waals surface area contributed by atoms with Crippen molar-refractivity contribution in [2.24, 2.45) is 0 Å². The number of rotatable bonds is 5. The summed E-state index contributed by atoms with van der Waals surface area (Å²) >= 11 is 0. The molecule has 1 atom stereocenters. The van der Waals surface area contributed by atoms with Crippen molar-refractivity contribution in [1.82, 2.24) is 0 Å². The molecule has 170 valence electrons. The molecule has 1 fully saturated rings. The number of aliphatic hydroxyl groups excluding tert-OH is 1. The summed E-state index contributed by atoms with van der Waals surface area (Å²) in [5, 5.41) is 30.5. The number of hydrogen-bond donors (Lipinski definition) is 2. The van der Waals surface area contributed by atoms with Gasteiger partial charge in [-0.3, -0.25) is 14.5 Å². The molecule has 0 aliphatic carbocycles. The average Bonchev–Trinajstić information content (AvgIpc) is 3.11. The summed E-state index contributed by atoms with van der Waals surface area (Å²) in [4.78, 5) is 27.7. The van der Waals surface area contributed by atoms with E-state index in [1.165, 1.54) is 11.0 Å². The highest BCUT2D eigenvalue weighted by Gasteiger charge is 2.47. The summed E-state index contributed by atoms with van der Waals surface area (Å²) < 4.78 is 5.50. The van der Waals surface area contributed by atoms with Gasteiger partial charge in [0.05, 0.1) is 29.9 Å². The van der Waals surface area contributed by atoms with E-state index in [1.807, 2.05) is 13.0 Å². The number of aryl methyl sites for hydroxylation is 1. The number of amides is 1. The van der Waals surface area contributed by atoms with Gasteiger partial charge in [0, 0.05) is 11.3 Å². The molecule has 0 aromatic heterocycles. The Hall–Kier alpha value is -4.57. The molecule has 3 aromatic carbocycles. The Morgan fingerprint density at radius 3 is 2.35 bits per heavy atom. The zero-order valence-electron chi connectivity index (χ0n) is 18.6. The normalized spacial score (nSPS) is 17.0. The van der Waals surface area contributed by atoms with Crippen molar-refractivity contribution < 1.29 is 24.5 Å². The van der Waals surface area contributed by atoms with Crippen molar-refractivity contribution in [1.29, 1.82) is 5.26 Å². The van der Waals surface area contributed by atoms with Crippen LogP contribution < -0.4 is 9.64 Å². The fourth-order valence-corrected chi connectivity index (χ4v) is 3.95. The maximum Gasteiger partial charge on any atom is 0.300 e. The van der Waals surface area contributed by atoms with Crippen molar-refractivity contribution in [2.45, 2.75) is 19.9 Å². The number of hydrogen-bond acceptors (Lipinski definition) is 6. The highest BCUT2D eigenvalue weighted by atomic mass is 16.5. The number of aliphatic hydroxyl groups is 1. The average molecular weight is 454 g/mol. The zero-order valence-corrected chi connectivity index (χ0v) is 18.6. The monoisotopic (exact) mass is 454 g/mol. The van der Waals surface area contributed by atoms with Gasteiger partial charge in [-0.15, -0.1) is 0 Å². The van der Waals surface area contributed by atoms with Crippen LogP contribution in [0.4, 0.5) is 5.69 Å². The molecule has 7 nitrogen and oxygen atoms in total. The van der Waals surface area contributed by atoms with Crippen LogP contribution in [0.2, 0.25) is 0 Å². The number of nitriles is 1. The van der Waals surface area contributed by atoms with Gasteiger partial charge in [0.1, 0.15) is 5.76 Å². The maximum absolute atomic E-state index is 13.2. The molecule has 0 radical (unpaired) electrons. The summed E-state index contributed by atoms with van der Waals surface area (Å²) in [6, 6.07) is 18.8. The molecule has 1 unspecified atom stereocenters. The highest BCUT2D eigenvalue weighted by molar-refractivity contribution is 6.51. The van der Waals surface area contributed by atoms with Crippen LogP contribution in [-0.4, -0.2) is 28.5 Å². The lowest BCUT2D eigenvalue weighted by Crippen LogP contribution is -2.29. The number of carbonyl (C=O) groups excluding carboxylic acids is 2. The highest BCUT2D eigenvalue weighted by Crippen LogP contribution is 2.44. The first-order valence-corrected chi connectivity index (χ1v) is 10.7. The minimum atomic E-state index is -0.978. The summed E-state index contributed by atoms with van der Waals surface area (Å²) in [5.41, 5.74) is 2.56. The van der Waals surface area contributed by atoms with E-state index in [4.69, 9.17) is 10.00 Å². The predicted molar refractivity (Wildman–Crippen MR) is 126 cm³/mol. The zero-order chi connectivity index (χ0) is 24.4. The SMILES string of the molecule is CCOc1cc(C2/C(=C(/O)c3ccc(C)cc3)C(=O)C(=O)N2c2ccc(C#N)cc2)ccc1O. The van der Waals surface area contributed by atoms with E-state index < -0.39 is 17.7 Å². The number of phenolic OH excluding ortho intramolecular Hbond substituents is 1. The van der Waals surface area contributed by atoms with Crippen molar-refractivity contribution in [2.75, 3.05) is 11.5 Å². The Labute approximate surface area is 196 Å². The minimum Gasteiger partial charge on any atom is -0.507 e. The summed E-state index contributed by atoms with van der Waals surface area (Å²) in [7, 11) is 0. The molecule has 34 heavy (non-hydrogen) atoms. The fourth-order valence-electron chi connectivity index (χ4n) is 3.95. The van der Waals surface area contributed by atoms with Crippen molar-refractivity contribution in [3.8, 4) is 17.6 Å². The van der Waals surface area contributed by atoms with E-state index in [0.717, 1.165) is 5.56 Å². The standard InChI is InChI=1S/C27H22N2O5/c1-3-34-22-14-19(10-13-21(22)30)24-23(25(31)18-8-4-16(2)5-9-18)26(32)27(33)29(24)20-11-6-17(15-28)7-12-20/h4-14,24,30-31H,3H2,1-2H3/b25-23-. The molecule has 0 bridgehead atoms. The quantitative estimate of drug-likeness (QED) is 0.331. The Balaban J connectivity index is 1.94. The van der Waals surface area contributed by atoms with Gasteiger partial charge in [0.2, 0.25) is 0 Å². The Morgan fingerprint density at radius 2 is 1.74 bits per heavy atom. The molecule has 1 heterocycles. The van der Waals surface area contributed by atoms with Gasteiger partial charge in [-0.1, -0.05) is 35.9 Å². The van der Waals surface area contributed by atoms with Crippen LogP contribution in [0, 0.1) is 18.3 Å². The van der Waals surface area contributed by atoms with Crippen molar-refractivity contribution in [3.63, 3.8) is 0 Å². The third-order valence-electron chi connectivity index (χ3n) is 5.64. The van der Waals surface area contributed by atoms with E-state index in [-0.39, 0.29) is 22.8 Å². The molecular weight excluding hydrogens is 432 g/mol. The molecule has 1 aliphatic heterocycles. The molecule has 1 saturated heterocycles. The summed E-state index contributed by atoms with van der Waals surface area (Å²) in [5.74, 6) is -1.83. The van der Waals surface area contributed by atoms with Gasteiger partial charge in [-0.25, -0.2) is 0 Å². The number of anilines is 1. The Bertz CT molecular complexity index is 1330. The van der Waals surface area contributed by atoms with Crippen LogP contribution >= 0.6 is 0 Å². The van der Waals surface area contributed by atoms with Crippen LogP contribution in [0.15, 0.2) is 72.3 Å². The molecule has 3 aromatic rings. The van der Waals surface area contributed by atoms with Gasteiger partial charge in [0.15, 0.2) is 11.5 Å². The smallest absolute Gasteiger partial charge is 0.300 e. The lowest BCUT2D eigenvalue weighted by atomic mass is 9.94. The van der Waals surface area contributed by atoms with Gasteiger partial charge in [0.25, 0.3) is 11.7 Å². The number of ketones is 1. The largest absolute Gasteiger partial charge is 0.507 e. The van der Waals surface area contributed by atoms with Crippen LogP contribution in [0.25, 0.3) is 5.76 Å². The Kier molecular flexibility index (Phi) is 6.07. The topological polar surface area (TPSA) is 111 Å². The van der Waals surface area contributed by atoms with E-state index >= 15 is 0 Å². The number of phenols is 1. The predicted octanol–water partition coefficient (Wildman–Crippen LogP) is 4.60. The van der Waals surface area contributed by atoms with E-state index in [2.05, 4.69) is 0 Å². The number of Topliss-reactive ketones (excluding diaryl/α,β-unsaturated/α-hetero) is 1. The second kappa shape index (κ2) is 9.12. The molecule has 0 spiro atoms. The molecule has 2 N–H and O–H groups in total. The lowest BCUT2D eigenvalue weighted by molar-refractivity contribution is -0.132. The third kappa shape index (κ3) is 3.97. The van der Waals surface area contributed by atoms with Crippen LogP contribution in [0.5, 0.6) is 11.5 Å². The second-order valence-corrected chi connectivity index (χ2v) is 7.85. The van der Waals surface area contributed by atoms with Crippen LogP contribution in [0.3, 0.4) is 0 Å². The molecule has 4 rings (SSSR count).